The van der Waals surface area contributed by atoms with Gasteiger partial charge < -0.3 is 14.0 Å². The Morgan fingerprint density at radius 2 is 0.500 bits per heavy atom. The molecule has 3 aromatic rings. The van der Waals surface area contributed by atoms with Gasteiger partial charge in [-0.2, -0.15) is 26.3 Å². The third-order valence-electron chi connectivity index (χ3n) is 5.88. The fourth-order valence-corrected chi connectivity index (χ4v) is 5.02. The molecule has 0 atom stereocenters. The van der Waals surface area contributed by atoms with Gasteiger partial charge in [0.1, 0.15) is 0 Å². The van der Waals surface area contributed by atoms with Crippen LogP contribution in [0.5, 0.6) is 17.2 Å². The highest BCUT2D eigenvalue weighted by Gasteiger charge is 2.42. The quantitative estimate of drug-likeness (QED) is 0.0984. The van der Waals surface area contributed by atoms with Crippen LogP contribution in [0.3, 0.4) is 0 Å². The first kappa shape index (κ1) is 36.8. The fourth-order valence-electron chi connectivity index (χ4n) is 3.29. The lowest BCUT2D eigenvalue weighted by molar-refractivity contribution is 0.247. The van der Waals surface area contributed by atoms with Crippen molar-refractivity contribution in [2.45, 2.75) is 36.6 Å². The van der Waals surface area contributed by atoms with Crippen LogP contribution in [-0.2, 0) is 0 Å². The molecule has 0 N–H and O–H groups in total. The maximum absolute atomic E-state index is 13.9. The summed E-state index contributed by atoms with van der Waals surface area (Å²) in [6, 6.07) is 0. The molecule has 0 aliphatic carbocycles. The molecule has 3 nitrogen and oxygen atoms in total. The Morgan fingerprint density at radius 3 is 0.636 bits per heavy atom. The molecule has 20 heteroatoms. The Morgan fingerprint density at radius 1 is 0.341 bits per heavy atom. The topological polar surface area (TPSA) is 27.7 Å². The van der Waals surface area contributed by atoms with Crippen LogP contribution in [0.15, 0.2) is 0 Å². The first-order chi connectivity index (χ1) is 20.5. The number of hydrogen-bond acceptors (Lipinski definition) is 3. The molecule has 44 heavy (non-hydrogen) atoms. The van der Waals surface area contributed by atoms with Gasteiger partial charge in [-0.15, -0.1) is 0 Å². The summed E-state index contributed by atoms with van der Waals surface area (Å²) in [6.45, 7) is 6.97. The average molecular weight is 674 g/mol. The van der Waals surface area contributed by atoms with Crippen LogP contribution < -0.4 is 14.0 Å². The van der Waals surface area contributed by atoms with E-state index in [1.807, 2.05) is 0 Å². The van der Waals surface area contributed by atoms with Crippen LogP contribution in [0.2, 0.25) is 15.8 Å². The Labute approximate surface area is 242 Å². The smallest absolute Gasteiger partial charge is 0.484 e. The third kappa shape index (κ3) is 7.28. The summed E-state index contributed by atoms with van der Waals surface area (Å²) in [5.74, 6) is -50.0. The Hall–Kier alpha value is -3.39. The summed E-state index contributed by atoms with van der Waals surface area (Å²) in [5, 5.41) is 4.48. The minimum atomic E-state index is -3.75. The van der Waals surface area contributed by atoms with Gasteiger partial charge in [0.25, 0.3) is 14.1 Å². The van der Waals surface area contributed by atoms with E-state index in [1.165, 1.54) is 15.8 Å². The van der Waals surface area contributed by atoms with Crippen LogP contribution in [0, 0.1) is 87.3 Å². The van der Waals surface area contributed by atoms with Crippen molar-refractivity contribution < 1.29 is 79.8 Å². The summed E-state index contributed by atoms with van der Waals surface area (Å²) in [7, 11) is -3.75. The second-order valence-corrected chi connectivity index (χ2v) is 12.6. The molecular formula is C24H15AlBF15O3. The second kappa shape index (κ2) is 15.1. The van der Waals surface area contributed by atoms with Gasteiger partial charge in [0, 0.05) is 0 Å². The maximum atomic E-state index is 13.9. The maximum Gasteiger partial charge on any atom is 0.864 e. The van der Waals surface area contributed by atoms with Crippen molar-refractivity contribution in [3.63, 3.8) is 0 Å². The van der Waals surface area contributed by atoms with E-state index in [1.54, 1.807) is 0 Å². The van der Waals surface area contributed by atoms with Crippen molar-refractivity contribution in [3.8, 4) is 17.2 Å². The minimum absolute atomic E-state index is 0.171. The molecule has 0 fully saturated rings. The molecule has 0 heterocycles. The third-order valence-corrected chi connectivity index (χ3v) is 9.35. The van der Waals surface area contributed by atoms with E-state index in [0.717, 1.165) is 0 Å². The predicted molar refractivity (Wildman–Crippen MR) is 124 cm³/mol. The summed E-state index contributed by atoms with van der Waals surface area (Å²) >= 11 is -0.171. The molecule has 0 radical (unpaired) electrons. The van der Waals surface area contributed by atoms with E-state index in [-0.39, 0.29) is 14.1 Å². The van der Waals surface area contributed by atoms with Crippen molar-refractivity contribution in [1.82, 2.24) is 0 Å². The van der Waals surface area contributed by atoms with Crippen molar-refractivity contribution in [2.24, 2.45) is 0 Å². The number of halogens is 15. The highest BCUT2D eigenvalue weighted by molar-refractivity contribution is 6.58. The van der Waals surface area contributed by atoms with E-state index < -0.39 is 112 Å². The van der Waals surface area contributed by atoms with Crippen LogP contribution >= 0.6 is 0 Å². The van der Waals surface area contributed by atoms with Gasteiger partial charge in [0.2, 0.25) is 87.3 Å². The Kier molecular flexibility index (Phi) is 12.6. The number of hydrogen-bond donors (Lipinski definition) is 0. The average Bonchev–Trinajstić information content (AvgIpc) is 3.02. The molecular weight excluding hydrogens is 659 g/mol. The zero-order valence-electron chi connectivity index (χ0n) is 22.2. The van der Waals surface area contributed by atoms with Crippen LogP contribution in [0.1, 0.15) is 20.8 Å². The van der Waals surface area contributed by atoms with Gasteiger partial charge in [-0.3, -0.25) is 0 Å². The molecule has 0 saturated heterocycles. The van der Waals surface area contributed by atoms with Gasteiger partial charge in [-0.1, -0.05) is 36.6 Å². The molecule has 240 valence electrons. The molecule has 0 spiro atoms. The molecule has 0 aliphatic rings. The van der Waals surface area contributed by atoms with Gasteiger partial charge in [0.15, 0.2) is 17.2 Å². The van der Waals surface area contributed by atoms with Gasteiger partial charge in [-0.05, 0) is 0 Å². The molecule has 0 bridgehead atoms. The molecule has 0 saturated carbocycles. The van der Waals surface area contributed by atoms with Gasteiger partial charge >= 0.3 is 7.32 Å². The Bertz CT molecular complexity index is 1280. The molecule has 0 unspecified atom stereocenters. The minimum Gasteiger partial charge on any atom is -0.484 e. The Balaban J connectivity index is 0.000000860. The summed E-state index contributed by atoms with van der Waals surface area (Å²) in [5.41, 5.74) is 0. The van der Waals surface area contributed by atoms with E-state index >= 15 is 0 Å². The van der Waals surface area contributed by atoms with Crippen molar-refractivity contribution in [1.29, 1.82) is 0 Å². The normalized spacial score (nSPS) is 10.8. The van der Waals surface area contributed by atoms with Crippen molar-refractivity contribution in [3.05, 3.63) is 87.3 Å². The van der Waals surface area contributed by atoms with Gasteiger partial charge in [-0.25, -0.2) is 39.5 Å². The molecule has 0 aromatic heterocycles. The lowest BCUT2D eigenvalue weighted by Gasteiger charge is -2.19. The SMILES string of the molecule is C[CH2][Al]([CH2]C)[CH2]C.Fc1c(F)c(F)c(OB(Oc2c(F)c(F)c(F)c(F)c2F)Oc2c(F)c(F)c(F)c(F)c2F)c(F)c1F. The summed E-state index contributed by atoms with van der Waals surface area (Å²) < 4.78 is 216. The number of rotatable bonds is 9. The lowest BCUT2D eigenvalue weighted by atomic mass is 10.1. The summed E-state index contributed by atoms with van der Waals surface area (Å²) in [4.78, 5) is 0. The molecule has 0 amide bonds. The zero-order valence-corrected chi connectivity index (χ0v) is 23.3. The van der Waals surface area contributed by atoms with Crippen LogP contribution in [0.4, 0.5) is 65.9 Å². The number of benzene rings is 3. The predicted octanol–water partition coefficient (Wildman–Crippen LogP) is 8.84. The molecule has 0 aliphatic heterocycles. The van der Waals surface area contributed by atoms with Crippen LogP contribution in [0.25, 0.3) is 0 Å². The van der Waals surface area contributed by atoms with E-state index in [9.17, 15) is 65.9 Å². The highest BCUT2D eigenvalue weighted by atomic mass is 27.2. The van der Waals surface area contributed by atoms with E-state index in [2.05, 4.69) is 34.7 Å². The molecule has 3 aromatic carbocycles. The highest BCUT2D eigenvalue weighted by Crippen LogP contribution is 2.35. The fraction of sp³-hybridized carbons (Fsp3) is 0.250. The first-order valence-corrected chi connectivity index (χ1v) is 14.4. The zero-order chi connectivity index (χ0) is 33.8. The van der Waals surface area contributed by atoms with Crippen molar-refractivity contribution >= 4 is 21.5 Å². The monoisotopic (exact) mass is 674 g/mol. The first-order valence-electron chi connectivity index (χ1n) is 12.0. The van der Waals surface area contributed by atoms with Crippen LogP contribution in [-0.4, -0.2) is 21.5 Å². The second-order valence-electron chi connectivity index (χ2n) is 8.43. The standard InChI is InChI=1S/C18BF15O3.3C2H5.Al/c20-1-4(23)10(29)16(11(30)5(1)24)35-19(36-17-12(31)6(25)2(21)7(26)13(17)32)37-18-14(33)8(27)3(22)9(28)15(18)34;3*1-2;/h;3*1H2,2H3;. The van der Waals surface area contributed by atoms with Crippen molar-refractivity contribution in [2.75, 3.05) is 0 Å². The molecule has 3 rings (SSSR count). The largest absolute Gasteiger partial charge is 0.864 e. The van der Waals surface area contributed by atoms with Gasteiger partial charge in [0.05, 0.1) is 0 Å². The summed E-state index contributed by atoms with van der Waals surface area (Å²) in [6.07, 6.45) is 0. The lowest BCUT2D eigenvalue weighted by Crippen LogP contribution is -2.39. The van der Waals surface area contributed by atoms with E-state index in [4.69, 9.17) is 0 Å². The van der Waals surface area contributed by atoms with E-state index in [0.29, 0.717) is 0 Å².